The Balaban J connectivity index is 1.74. The number of allylic oxidation sites excluding steroid dienone is 4. The Morgan fingerprint density at radius 1 is 1.15 bits per heavy atom. The number of ketones is 1. The van der Waals surface area contributed by atoms with Crippen LogP contribution in [-0.4, -0.2) is 11.7 Å². The summed E-state index contributed by atoms with van der Waals surface area (Å²) in [5.74, 6) is 0.918. The van der Waals surface area contributed by atoms with Crippen molar-refractivity contribution in [1.82, 2.24) is 0 Å². The fourth-order valence-corrected chi connectivity index (χ4v) is 4.76. The first-order valence-electron chi connectivity index (χ1n) is 8.74. The maximum Gasteiger partial charge on any atom is 0.224 e. The summed E-state index contributed by atoms with van der Waals surface area (Å²) in [6, 6.07) is 11.9. The number of hydrogen-bond donors (Lipinski definition) is 0. The monoisotopic (exact) mass is 395 g/mol. The summed E-state index contributed by atoms with van der Waals surface area (Å²) in [4.78, 5) is 26.8. The second kappa shape index (κ2) is 7.37. The zero-order valence-corrected chi connectivity index (χ0v) is 16.4. The van der Waals surface area contributed by atoms with E-state index in [1.807, 2.05) is 36.4 Å². The lowest BCUT2D eigenvalue weighted by molar-refractivity contribution is -0.116. The van der Waals surface area contributed by atoms with Crippen molar-refractivity contribution in [3.8, 4) is 0 Å². The maximum absolute atomic E-state index is 12.3. The molecular weight excluding hydrogens is 378 g/mol. The summed E-state index contributed by atoms with van der Waals surface area (Å²) < 4.78 is 0. The van der Waals surface area contributed by atoms with Crippen LogP contribution in [0.4, 0.5) is 5.69 Å². The normalized spacial score (nSPS) is 16.1. The van der Waals surface area contributed by atoms with E-state index in [1.54, 1.807) is 29.7 Å². The van der Waals surface area contributed by atoms with Crippen molar-refractivity contribution in [2.45, 2.75) is 30.5 Å². The van der Waals surface area contributed by atoms with E-state index in [4.69, 9.17) is 11.6 Å². The van der Waals surface area contributed by atoms with Crippen LogP contribution in [0.3, 0.4) is 0 Å². The molecule has 1 aliphatic heterocycles. The fraction of sp³-hybridized carbons (Fsp3) is 0.182. The SMILES string of the molecule is CC(=O)N1Cc2ccc(C3=CC=CC(=O)C3)cc2CSc2cc(Cl)ccc21. The molecule has 0 aromatic heterocycles. The first-order valence-corrected chi connectivity index (χ1v) is 10.1. The minimum Gasteiger partial charge on any atom is -0.307 e. The largest absolute Gasteiger partial charge is 0.307 e. The van der Waals surface area contributed by atoms with Gasteiger partial charge < -0.3 is 4.90 Å². The molecule has 136 valence electrons. The lowest BCUT2D eigenvalue weighted by Crippen LogP contribution is -2.29. The molecular formula is C22H18ClNO2S. The molecule has 0 saturated carbocycles. The van der Waals surface area contributed by atoms with E-state index in [0.29, 0.717) is 18.0 Å². The van der Waals surface area contributed by atoms with Gasteiger partial charge in [-0.15, -0.1) is 11.8 Å². The number of fused-ring (bicyclic) bond motifs is 2. The van der Waals surface area contributed by atoms with Crippen molar-refractivity contribution in [1.29, 1.82) is 0 Å². The summed E-state index contributed by atoms with van der Waals surface area (Å²) in [6.45, 7) is 2.11. The van der Waals surface area contributed by atoms with Gasteiger partial charge in [0.05, 0.1) is 12.2 Å². The summed E-state index contributed by atoms with van der Waals surface area (Å²) in [5.41, 5.74) is 5.30. The first kappa shape index (κ1) is 18.1. The molecule has 1 amide bonds. The third-order valence-corrected chi connectivity index (χ3v) is 6.15. The van der Waals surface area contributed by atoms with Crippen molar-refractivity contribution in [3.05, 3.63) is 76.3 Å². The summed E-state index contributed by atoms with van der Waals surface area (Å²) >= 11 is 7.85. The first-order chi connectivity index (χ1) is 13.0. The molecule has 0 radical (unpaired) electrons. The van der Waals surface area contributed by atoms with E-state index in [0.717, 1.165) is 33.0 Å². The van der Waals surface area contributed by atoms with Gasteiger partial charge in [-0.1, -0.05) is 42.0 Å². The molecule has 0 fully saturated rings. The van der Waals surface area contributed by atoms with E-state index in [2.05, 4.69) is 12.1 Å². The molecule has 0 N–H and O–H groups in total. The van der Waals surface area contributed by atoms with Crippen molar-refractivity contribution >= 4 is 46.3 Å². The van der Waals surface area contributed by atoms with E-state index in [-0.39, 0.29) is 11.7 Å². The summed E-state index contributed by atoms with van der Waals surface area (Å²) in [7, 11) is 0. The lowest BCUT2D eigenvalue weighted by atomic mass is 9.93. The van der Waals surface area contributed by atoms with Gasteiger partial charge >= 0.3 is 0 Å². The lowest BCUT2D eigenvalue weighted by Gasteiger charge is -2.28. The summed E-state index contributed by atoms with van der Waals surface area (Å²) in [5, 5.41) is 0.664. The molecule has 0 unspecified atom stereocenters. The van der Waals surface area contributed by atoms with Gasteiger partial charge in [0, 0.05) is 29.0 Å². The van der Waals surface area contributed by atoms with Crippen LogP contribution in [-0.2, 0) is 21.9 Å². The Hall–Kier alpha value is -2.30. The number of carbonyl (C=O) groups is 2. The van der Waals surface area contributed by atoms with Gasteiger partial charge in [-0.05, 0) is 46.5 Å². The van der Waals surface area contributed by atoms with Gasteiger partial charge in [-0.2, -0.15) is 0 Å². The van der Waals surface area contributed by atoms with E-state index in [1.165, 1.54) is 5.56 Å². The predicted molar refractivity (Wildman–Crippen MR) is 111 cm³/mol. The minimum atomic E-state index is 0.00169. The van der Waals surface area contributed by atoms with Crippen LogP contribution >= 0.6 is 23.4 Å². The predicted octanol–water partition coefficient (Wildman–Crippen LogP) is 5.41. The maximum atomic E-state index is 12.3. The number of halogens is 1. The molecule has 1 aliphatic carbocycles. The van der Waals surface area contributed by atoms with E-state index < -0.39 is 0 Å². The number of hydrogen-bond acceptors (Lipinski definition) is 3. The molecule has 1 heterocycles. The third kappa shape index (κ3) is 3.73. The number of nitrogens with zero attached hydrogens (tertiary/aromatic N) is 1. The van der Waals surface area contributed by atoms with Crippen LogP contribution in [0.5, 0.6) is 0 Å². The summed E-state index contributed by atoms with van der Waals surface area (Å²) in [6.07, 6.45) is 5.84. The van der Waals surface area contributed by atoms with E-state index >= 15 is 0 Å². The number of benzene rings is 2. The minimum absolute atomic E-state index is 0.00169. The fourth-order valence-electron chi connectivity index (χ4n) is 3.41. The molecule has 0 atom stereocenters. The molecule has 3 nitrogen and oxygen atoms in total. The van der Waals surface area contributed by atoms with Crippen LogP contribution in [0.25, 0.3) is 5.57 Å². The smallest absolute Gasteiger partial charge is 0.224 e. The van der Waals surface area contributed by atoms with Crippen LogP contribution < -0.4 is 4.90 Å². The number of thioether (sulfide) groups is 1. The highest BCUT2D eigenvalue weighted by atomic mass is 35.5. The van der Waals surface area contributed by atoms with Crippen LogP contribution in [0.15, 0.2) is 59.5 Å². The molecule has 0 saturated heterocycles. The Morgan fingerprint density at radius 2 is 2.00 bits per heavy atom. The molecule has 27 heavy (non-hydrogen) atoms. The van der Waals surface area contributed by atoms with Gasteiger partial charge in [0.1, 0.15) is 0 Å². The molecule has 0 bridgehead atoms. The number of amides is 1. The average Bonchev–Trinajstić information content (AvgIpc) is 2.63. The van der Waals surface area contributed by atoms with Crippen molar-refractivity contribution in [2.75, 3.05) is 4.90 Å². The second-order valence-corrected chi connectivity index (χ2v) is 8.14. The van der Waals surface area contributed by atoms with Crippen LogP contribution in [0, 0.1) is 0 Å². The van der Waals surface area contributed by atoms with E-state index in [9.17, 15) is 9.59 Å². The topological polar surface area (TPSA) is 37.4 Å². The van der Waals surface area contributed by atoms with Gasteiger partial charge in [-0.25, -0.2) is 0 Å². The van der Waals surface area contributed by atoms with Gasteiger partial charge in [-0.3, -0.25) is 9.59 Å². The van der Waals surface area contributed by atoms with Gasteiger partial charge in [0.2, 0.25) is 5.91 Å². The molecule has 4 rings (SSSR count). The molecule has 5 heteroatoms. The quantitative estimate of drug-likeness (QED) is 0.647. The van der Waals surface area contributed by atoms with Crippen molar-refractivity contribution < 1.29 is 9.59 Å². The Bertz CT molecular complexity index is 1010. The zero-order valence-electron chi connectivity index (χ0n) is 14.9. The number of anilines is 1. The number of carbonyl (C=O) groups excluding carboxylic acids is 2. The van der Waals surface area contributed by atoms with Gasteiger partial charge in [0.15, 0.2) is 5.78 Å². The molecule has 2 aromatic carbocycles. The van der Waals surface area contributed by atoms with Crippen LogP contribution in [0.1, 0.15) is 30.0 Å². The highest BCUT2D eigenvalue weighted by molar-refractivity contribution is 7.98. The third-order valence-electron chi connectivity index (χ3n) is 4.83. The second-order valence-electron chi connectivity index (χ2n) is 6.68. The number of rotatable bonds is 1. The Morgan fingerprint density at radius 3 is 2.78 bits per heavy atom. The van der Waals surface area contributed by atoms with Gasteiger partial charge in [0.25, 0.3) is 0 Å². The highest BCUT2D eigenvalue weighted by Crippen LogP contribution is 2.39. The Labute approximate surface area is 167 Å². The van der Waals surface area contributed by atoms with Crippen LogP contribution in [0.2, 0.25) is 5.02 Å². The standard InChI is InChI=1S/C22H18ClNO2S/c1-14(25)24-12-17-6-5-16(15-3-2-4-20(26)10-15)9-18(17)13-27-22-11-19(23)7-8-21(22)24/h2-9,11H,10,12-13H2,1H3. The molecule has 2 aromatic rings. The average molecular weight is 396 g/mol. The zero-order chi connectivity index (χ0) is 19.0. The Kier molecular flexibility index (Phi) is 4.94. The molecule has 0 spiro atoms. The van der Waals surface area contributed by atoms with Crippen molar-refractivity contribution in [3.63, 3.8) is 0 Å². The highest BCUT2D eigenvalue weighted by Gasteiger charge is 2.22. The van der Waals surface area contributed by atoms with Crippen molar-refractivity contribution in [2.24, 2.45) is 0 Å². The molecule has 2 aliphatic rings.